The number of hydrogen-bond donors (Lipinski definition) is 1. The number of carbonyl (C=O) groups excluding carboxylic acids is 1. The maximum absolute atomic E-state index is 13.4. The number of fused-ring (bicyclic) bond motifs is 1. The molecule has 0 unspecified atom stereocenters. The van der Waals surface area contributed by atoms with Gasteiger partial charge in [-0.1, -0.05) is 23.2 Å². The maximum atomic E-state index is 13.4. The Kier molecular flexibility index (Phi) is 4.30. The van der Waals surface area contributed by atoms with Gasteiger partial charge >= 0.3 is 0 Å². The summed E-state index contributed by atoms with van der Waals surface area (Å²) < 4.78 is 15.0. The minimum atomic E-state index is -0.611. The summed E-state index contributed by atoms with van der Waals surface area (Å²) in [6.45, 7) is 0. The van der Waals surface area contributed by atoms with Gasteiger partial charge in [0.15, 0.2) is 0 Å². The van der Waals surface area contributed by atoms with Crippen molar-refractivity contribution in [2.45, 2.75) is 0 Å². The summed E-state index contributed by atoms with van der Waals surface area (Å²) in [7, 11) is 1.68. The molecule has 0 bridgehead atoms. The largest absolute Gasteiger partial charge is 0.350 e. The van der Waals surface area contributed by atoms with Gasteiger partial charge in [0, 0.05) is 24.3 Å². The smallest absolute Gasteiger partial charge is 0.261 e. The minimum Gasteiger partial charge on any atom is -0.350 e. The third-order valence-corrected chi connectivity index (χ3v) is 4.31. The summed E-state index contributed by atoms with van der Waals surface area (Å²) in [4.78, 5) is 24.9. The number of carbonyl (C=O) groups is 1. The van der Waals surface area contributed by atoms with E-state index < -0.39 is 17.2 Å². The van der Waals surface area contributed by atoms with Crippen LogP contribution in [-0.4, -0.2) is 10.5 Å². The van der Waals surface area contributed by atoms with Gasteiger partial charge in [0.25, 0.3) is 5.91 Å². The standard InChI is InChI=1S/C17H11Cl2FN2O2/c1-22-8-12(16(23)11-6-9(20)2-5-15(11)22)17(24)21-10-3-4-13(18)14(19)7-10/h2-8H,1H3,(H,21,24). The van der Waals surface area contributed by atoms with Gasteiger partial charge in [-0.2, -0.15) is 0 Å². The molecule has 7 heteroatoms. The summed E-state index contributed by atoms with van der Waals surface area (Å²) in [5, 5.41) is 3.36. The molecule has 1 aromatic heterocycles. The zero-order valence-corrected chi connectivity index (χ0v) is 14.0. The van der Waals surface area contributed by atoms with E-state index in [1.54, 1.807) is 17.7 Å². The Labute approximate surface area is 146 Å². The molecule has 0 aliphatic carbocycles. The molecule has 1 N–H and O–H groups in total. The third kappa shape index (κ3) is 3.00. The SMILES string of the molecule is Cn1cc(C(=O)Nc2ccc(Cl)c(Cl)c2)c(=O)c2cc(F)ccc21. The normalized spacial score (nSPS) is 10.8. The minimum absolute atomic E-state index is 0.0957. The van der Waals surface area contributed by atoms with Crippen molar-refractivity contribution in [3.63, 3.8) is 0 Å². The highest BCUT2D eigenvalue weighted by Crippen LogP contribution is 2.25. The Hall–Kier alpha value is -2.37. The second-order valence-corrected chi connectivity index (χ2v) is 6.04. The van der Waals surface area contributed by atoms with E-state index in [1.165, 1.54) is 30.5 Å². The number of hydrogen-bond acceptors (Lipinski definition) is 2. The van der Waals surface area contributed by atoms with Gasteiger partial charge in [0.2, 0.25) is 5.43 Å². The number of rotatable bonds is 2. The average molecular weight is 365 g/mol. The molecular weight excluding hydrogens is 354 g/mol. The molecule has 4 nitrogen and oxygen atoms in total. The molecule has 1 amide bonds. The van der Waals surface area contributed by atoms with Gasteiger partial charge in [0.05, 0.1) is 15.6 Å². The Bertz CT molecular complexity index is 1030. The molecule has 0 aliphatic heterocycles. The van der Waals surface area contributed by atoms with Crippen LogP contribution in [-0.2, 0) is 7.05 Å². The van der Waals surface area contributed by atoms with Crippen LogP contribution in [0.4, 0.5) is 10.1 Å². The van der Waals surface area contributed by atoms with Crippen LogP contribution >= 0.6 is 23.2 Å². The van der Waals surface area contributed by atoms with E-state index in [0.29, 0.717) is 16.2 Å². The highest BCUT2D eigenvalue weighted by atomic mass is 35.5. The van der Waals surface area contributed by atoms with Crippen LogP contribution in [0, 0.1) is 5.82 Å². The van der Waals surface area contributed by atoms with E-state index in [-0.39, 0.29) is 16.0 Å². The van der Waals surface area contributed by atoms with Crippen LogP contribution < -0.4 is 10.7 Å². The number of nitrogens with zero attached hydrogens (tertiary/aromatic N) is 1. The summed E-state index contributed by atoms with van der Waals surface area (Å²) in [6.07, 6.45) is 1.41. The molecule has 2 aromatic carbocycles. The molecule has 24 heavy (non-hydrogen) atoms. The second-order valence-electron chi connectivity index (χ2n) is 5.23. The first-order valence-electron chi connectivity index (χ1n) is 6.92. The van der Waals surface area contributed by atoms with E-state index in [9.17, 15) is 14.0 Å². The molecule has 0 saturated carbocycles. The average Bonchev–Trinajstić information content (AvgIpc) is 2.54. The van der Waals surface area contributed by atoms with Gasteiger partial charge < -0.3 is 9.88 Å². The first kappa shape index (κ1) is 16.5. The van der Waals surface area contributed by atoms with Crippen molar-refractivity contribution in [1.82, 2.24) is 4.57 Å². The van der Waals surface area contributed by atoms with Crippen LogP contribution in [0.3, 0.4) is 0 Å². The fourth-order valence-corrected chi connectivity index (χ4v) is 2.70. The van der Waals surface area contributed by atoms with Crippen LogP contribution in [0.25, 0.3) is 10.9 Å². The van der Waals surface area contributed by atoms with Crippen molar-refractivity contribution in [1.29, 1.82) is 0 Å². The van der Waals surface area contributed by atoms with E-state index in [1.807, 2.05) is 0 Å². The summed E-state index contributed by atoms with van der Waals surface area (Å²) in [6, 6.07) is 8.45. The fraction of sp³-hybridized carbons (Fsp3) is 0.0588. The van der Waals surface area contributed by atoms with Crippen molar-refractivity contribution in [2.75, 3.05) is 5.32 Å². The Morgan fingerprint density at radius 1 is 1.12 bits per heavy atom. The topological polar surface area (TPSA) is 51.1 Å². The lowest BCUT2D eigenvalue weighted by molar-refractivity contribution is 0.102. The summed E-state index contributed by atoms with van der Waals surface area (Å²) in [5.41, 5.74) is 0.296. The monoisotopic (exact) mass is 364 g/mol. The molecular formula is C17H11Cl2FN2O2. The number of pyridine rings is 1. The van der Waals surface area contributed by atoms with Gasteiger partial charge in [-0.25, -0.2) is 4.39 Å². The van der Waals surface area contributed by atoms with E-state index in [2.05, 4.69) is 5.32 Å². The molecule has 0 saturated heterocycles. The first-order valence-corrected chi connectivity index (χ1v) is 7.67. The van der Waals surface area contributed by atoms with E-state index in [0.717, 1.165) is 6.07 Å². The number of benzene rings is 2. The lowest BCUT2D eigenvalue weighted by Gasteiger charge is -2.10. The van der Waals surface area contributed by atoms with Crippen LogP contribution in [0.15, 0.2) is 47.4 Å². The number of halogens is 3. The van der Waals surface area contributed by atoms with Crippen LogP contribution in [0.5, 0.6) is 0 Å². The zero-order chi connectivity index (χ0) is 17.4. The predicted octanol–water partition coefficient (Wildman–Crippen LogP) is 4.24. The predicted molar refractivity (Wildman–Crippen MR) is 93.6 cm³/mol. The third-order valence-electron chi connectivity index (χ3n) is 3.57. The Morgan fingerprint density at radius 3 is 2.58 bits per heavy atom. The van der Waals surface area contributed by atoms with Crippen LogP contribution in [0.2, 0.25) is 10.0 Å². The van der Waals surface area contributed by atoms with Crippen molar-refractivity contribution in [2.24, 2.45) is 7.05 Å². The highest BCUT2D eigenvalue weighted by molar-refractivity contribution is 6.42. The quantitative estimate of drug-likeness (QED) is 0.739. The molecule has 0 spiro atoms. The Balaban J connectivity index is 2.05. The summed E-state index contributed by atoms with van der Waals surface area (Å²) >= 11 is 11.7. The Morgan fingerprint density at radius 2 is 1.88 bits per heavy atom. The summed E-state index contributed by atoms with van der Waals surface area (Å²) in [5.74, 6) is -1.15. The van der Waals surface area contributed by atoms with E-state index in [4.69, 9.17) is 23.2 Å². The zero-order valence-electron chi connectivity index (χ0n) is 12.4. The molecule has 0 radical (unpaired) electrons. The second kappa shape index (κ2) is 6.26. The molecule has 1 heterocycles. The van der Waals surface area contributed by atoms with Crippen molar-refractivity contribution in [3.05, 3.63) is 74.2 Å². The maximum Gasteiger partial charge on any atom is 0.261 e. The van der Waals surface area contributed by atoms with Gasteiger partial charge in [-0.15, -0.1) is 0 Å². The molecule has 0 fully saturated rings. The molecule has 0 atom stereocenters. The van der Waals surface area contributed by atoms with Crippen LogP contribution in [0.1, 0.15) is 10.4 Å². The molecule has 122 valence electrons. The van der Waals surface area contributed by atoms with E-state index >= 15 is 0 Å². The molecule has 3 rings (SSSR count). The van der Waals surface area contributed by atoms with Crippen molar-refractivity contribution in [3.8, 4) is 0 Å². The number of aromatic nitrogens is 1. The number of anilines is 1. The fourth-order valence-electron chi connectivity index (χ4n) is 2.40. The van der Waals surface area contributed by atoms with Gasteiger partial charge in [-0.05, 0) is 36.4 Å². The first-order chi connectivity index (χ1) is 11.4. The number of nitrogens with one attached hydrogen (secondary N) is 1. The van der Waals surface area contributed by atoms with Crippen molar-refractivity contribution >= 4 is 45.7 Å². The number of aryl methyl sites for hydroxylation is 1. The molecule has 3 aromatic rings. The lowest BCUT2D eigenvalue weighted by Crippen LogP contribution is -2.23. The highest BCUT2D eigenvalue weighted by Gasteiger charge is 2.15. The van der Waals surface area contributed by atoms with Gasteiger partial charge in [-0.3, -0.25) is 9.59 Å². The van der Waals surface area contributed by atoms with Gasteiger partial charge in [0.1, 0.15) is 11.4 Å². The molecule has 0 aliphatic rings. The lowest BCUT2D eigenvalue weighted by atomic mass is 10.1. The van der Waals surface area contributed by atoms with Crippen molar-refractivity contribution < 1.29 is 9.18 Å². The number of amides is 1.